The molecule has 3 saturated heterocycles. The fourth-order valence-corrected chi connectivity index (χ4v) is 4.75. The van der Waals surface area contributed by atoms with Crippen LogP contribution in [0.15, 0.2) is 0 Å². The van der Waals surface area contributed by atoms with Crippen LogP contribution < -0.4 is 0 Å². The Morgan fingerprint density at radius 1 is 0.714 bits per heavy atom. The topological polar surface area (TPSA) is 73.8 Å². The summed E-state index contributed by atoms with van der Waals surface area (Å²) in [6, 6.07) is 0. The molecule has 0 spiro atoms. The first-order valence-corrected chi connectivity index (χ1v) is 12.0. The summed E-state index contributed by atoms with van der Waals surface area (Å²) in [4.78, 5) is 0. The average Bonchev–Trinajstić information content (AvgIpc) is 2.61. The Balaban J connectivity index is 1.39. The Kier molecular flexibility index (Phi) is 8.88. The molecular weight excluding hydrogens is 406 g/mol. The van der Waals surface area contributed by atoms with Gasteiger partial charge in [-0.15, -0.1) is 4.67 Å². The third-order valence-corrected chi connectivity index (χ3v) is 7.65. The number of rotatable bonds is 15. The van der Waals surface area contributed by atoms with Crippen LogP contribution in [0.25, 0.3) is 0 Å². The van der Waals surface area contributed by atoms with E-state index in [-0.39, 0.29) is 25.3 Å². The number of ether oxygens (including phenoxy) is 3. The zero-order valence-corrected chi connectivity index (χ0v) is 19.1. The highest BCUT2D eigenvalue weighted by Crippen LogP contribution is 2.48. The van der Waals surface area contributed by atoms with Crippen LogP contribution in [-0.4, -0.2) is 59.5 Å². The first-order valence-electron chi connectivity index (χ1n) is 10.1. The molecule has 0 amide bonds. The molecule has 3 rings (SSSR count). The molecule has 1 unspecified atom stereocenters. The van der Waals surface area contributed by atoms with Crippen LogP contribution in [0.3, 0.4) is 0 Å². The molecule has 3 aliphatic rings. The van der Waals surface area contributed by atoms with Crippen molar-refractivity contribution >= 4 is 17.6 Å². The smallest absolute Gasteiger partial charge is 0.363 e. The summed E-state index contributed by atoms with van der Waals surface area (Å²) in [6.07, 6.45) is 3.02. The van der Waals surface area contributed by atoms with Crippen molar-refractivity contribution in [1.82, 2.24) is 0 Å². The maximum atomic E-state index is 5.95. The van der Waals surface area contributed by atoms with Gasteiger partial charge < -0.3 is 27.8 Å². The van der Waals surface area contributed by atoms with Gasteiger partial charge in [0, 0.05) is 16.2 Å². The maximum absolute atomic E-state index is 5.95. The molecule has 3 fully saturated rings. The van der Waals surface area contributed by atoms with Crippen molar-refractivity contribution in [3.8, 4) is 0 Å². The van der Waals surface area contributed by atoms with Gasteiger partial charge >= 0.3 is 8.60 Å². The van der Waals surface area contributed by atoms with E-state index in [9.17, 15) is 0 Å². The minimum absolute atomic E-state index is 0.0614. The standard InChI is InChI=1S/C18H34O8P2/c1-4-16(7-19-8-16)13-22-27-25-26-28(23-14-17(5-2)9-20-10-17)24-15-18(6-3)11-21-12-18/h27H,4-15H2,1-3H3. The van der Waals surface area contributed by atoms with Crippen LogP contribution in [0.5, 0.6) is 0 Å². The summed E-state index contributed by atoms with van der Waals surface area (Å²) >= 11 is 0. The summed E-state index contributed by atoms with van der Waals surface area (Å²) in [5.74, 6) is 0. The van der Waals surface area contributed by atoms with Crippen LogP contribution >= 0.6 is 17.6 Å². The van der Waals surface area contributed by atoms with Crippen LogP contribution in [0.4, 0.5) is 0 Å². The van der Waals surface area contributed by atoms with Crippen LogP contribution in [0.1, 0.15) is 40.0 Å². The van der Waals surface area contributed by atoms with Crippen molar-refractivity contribution in [2.45, 2.75) is 40.0 Å². The predicted molar refractivity (Wildman–Crippen MR) is 106 cm³/mol. The molecular formula is C18H34O8P2. The van der Waals surface area contributed by atoms with E-state index in [4.69, 9.17) is 37.1 Å². The van der Waals surface area contributed by atoms with Gasteiger partial charge in [-0.1, -0.05) is 20.8 Å². The second kappa shape index (κ2) is 10.7. The van der Waals surface area contributed by atoms with Crippen molar-refractivity contribution in [3.05, 3.63) is 0 Å². The summed E-state index contributed by atoms with van der Waals surface area (Å²) in [5, 5.41) is 0. The van der Waals surface area contributed by atoms with Gasteiger partial charge in [-0.05, 0) is 19.3 Å². The van der Waals surface area contributed by atoms with Crippen molar-refractivity contribution in [1.29, 1.82) is 0 Å². The average molecular weight is 440 g/mol. The van der Waals surface area contributed by atoms with Gasteiger partial charge in [0.05, 0.1) is 59.5 Å². The Morgan fingerprint density at radius 2 is 1.14 bits per heavy atom. The lowest BCUT2D eigenvalue weighted by molar-refractivity contribution is -0.165. The van der Waals surface area contributed by atoms with Crippen molar-refractivity contribution in [3.63, 3.8) is 0 Å². The fourth-order valence-electron chi connectivity index (χ4n) is 3.05. The minimum Gasteiger partial charge on any atom is -0.380 e. The summed E-state index contributed by atoms with van der Waals surface area (Å²) in [7, 11) is -1.83. The largest absolute Gasteiger partial charge is 0.380 e. The molecule has 164 valence electrons. The van der Waals surface area contributed by atoms with E-state index in [0.29, 0.717) is 46.2 Å². The van der Waals surface area contributed by atoms with Gasteiger partial charge in [0.15, 0.2) is 9.03 Å². The quantitative estimate of drug-likeness (QED) is 0.164. The zero-order valence-electron chi connectivity index (χ0n) is 17.2. The van der Waals surface area contributed by atoms with Gasteiger partial charge in [0.25, 0.3) is 0 Å². The van der Waals surface area contributed by atoms with Crippen LogP contribution in [0, 0.1) is 16.2 Å². The lowest BCUT2D eigenvalue weighted by atomic mass is 9.84. The number of hydrogen-bond donors (Lipinski definition) is 0. The molecule has 8 nitrogen and oxygen atoms in total. The molecule has 10 heteroatoms. The van der Waals surface area contributed by atoms with Gasteiger partial charge in [0.2, 0.25) is 0 Å². The van der Waals surface area contributed by atoms with Gasteiger partial charge in [0.1, 0.15) is 0 Å². The molecule has 0 aromatic rings. The summed E-state index contributed by atoms with van der Waals surface area (Å²) in [6.45, 7) is 12.5. The Morgan fingerprint density at radius 3 is 1.50 bits per heavy atom. The summed E-state index contributed by atoms with van der Waals surface area (Å²) < 4.78 is 44.3. The van der Waals surface area contributed by atoms with E-state index in [1.165, 1.54) is 0 Å². The third kappa shape index (κ3) is 5.82. The molecule has 28 heavy (non-hydrogen) atoms. The van der Waals surface area contributed by atoms with Gasteiger partial charge in [-0.3, -0.25) is 0 Å². The molecule has 0 saturated carbocycles. The highest BCUT2D eigenvalue weighted by molar-refractivity contribution is 7.41. The molecule has 0 N–H and O–H groups in total. The normalized spacial score (nSPS) is 24.9. The number of hydrogen-bond acceptors (Lipinski definition) is 8. The Bertz CT molecular complexity index is 426. The molecule has 0 radical (unpaired) electrons. The van der Waals surface area contributed by atoms with E-state index in [2.05, 4.69) is 20.8 Å². The van der Waals surface area contributed by atoms with E-state index >= 15 is 0 Å². The van der Waals surface area contributed by atoms with E-state index in [0.717, 1.165) is 32.5 Å². The molecule has 0 aromatic heterocycles. The second-order valence-electron chi connectivity index (χ2n) is 8.34. The van der Waals surface area contributed by atoms with Crippen molar-refractivity contribution < 1.29 is 37.1 Å². The van der Waals surface area contributed by atoms with Crippen LogP contribution in [-0.2, 0) is 37.1 Å². The monoisotopic (exact) mass is 440 g/mol. The first-order chi connectivity index (χ1) is 13.6. The molecule has 3 aliphatic heterocycles. The molecule has 0 aliphatic carbocycles. The Labute approximate surface area is 171 Å². The Hall–Kier alpha value is 0.540. The van der Waals surface area contributed by atoms with E-state index < -0.39 is 8.60 Å². The molecule has 1 atom stereocenters. The van der Waals surface area contributed by atoms with E-state index in [1.54, 1.807) is 0 Å². The van der Waals surface area contributed by atoms with E-state index in [1.807, 2.05) is 0 Å². The highest BCUT2D eigenvalue weighted by Gasteiger charge is 2.41. The zero-order chi connectivity index (χ0) is 19.9. The lowest BCUT2D eigenvalue weighted by Gasteiger charge is -2.42. The SMILES string of the molecule is CCC1(COPOOP(OCC2(CC)COC2)OCC2(CC)COC2)COC1. The minimum atomic E-state index is -1.61. The third-order valence-electron chi connectivity index (χ3n) is 6.22. The lowest BCUT2D eigenvalue weighted by Crippen LogP contribution is -2.46. The van der Waals surface area contributed by atoms with Gasteiger partial charge in [-0.2, -0.15) is 4.67 Å². The van der Waals surface area contributed by atoms with Crippen LogP contribution in [0.2, 0.25) is 0 Å². The maximum Gasteiger partial charge on any atom is 0.363 e. The predicted octanol–water partition coefficient (Wildman–Crippen LogP) is 4.00. The fraction of sp³-hybridized carbons (Fsp3) is 1.00. The van der Waals surface area contributed by atoms with Crippen molar-refractivity contribution in [2.24, 2.45) is 16.2 Å². The van der Waals surface area contributed by atoms with Gasteiger partial charge in [-0.25, -0.2) is 0 Å². The second-order valence-corrected chi connectivity index (χ2v) is 10.1. The molecule has 0 bridgehead atoms. The highest BCUT2D eigenvalue weighted by atomic mass is 31.2. The summed E-state index contributed by atoms with van der Waals surface area (Å²) in [5.41, 5.74) is 0.251. The molecule has 0 aromatic carbocycles. The van der Waals surface area contributed by atoms with Crippen molar-refractivity contribution in [2.75, 3.05) is 59.5 Å². The first kappa shape index (κ1) is 23.2. The molecule has 3 heterocycles.